The Morgan fingerprint density at radius 1 is 1.08 bits per heavy atom. The summed E-state index contributed by atoms with van der Waals surface area (Å²) in [5, 5.41) is 17.3. The van der Waals surface area contributed by atoms with E-state index in [1.807, 2.05) is 13.0 Å². The van der Waals surface area contributed by atoms with E-state index in [0.29, 0.717) is 24.2 Å². The van der Waals surface area contributed by atoms with Gasteiger partial charge in [0.05, 0.1) is 11.1 Å². The van der Waals surface area contributed by atoms with Gasteiger partial charge in [-0.15, -0.1) is 5.10 Å². The predicted molar refractivity (Wildman–Crippen MR) is 90.2 cm³/mol. The molecule has 2 aromatic carbocycles. The summed E-state index contributed by atoms with van der Waals surface area (Å²) >= 11 is 0. The molecule has 126 valence electrons. The van der Waals surface area contributed by atoms with E-state index in [1.165, 1.54) is 0 Å². The normalized spacial score (nSPS) is 13.2. The van der Waals surface area contributed by atoms with Crippen molar-refractivity contribution in [3.63, 3.8) is 0 Å². The maximum Gasteiger partial charge on any atom is 0.335 e. The van der Waals surface area contributed by atoms with Gasteiger partial charge < -0.3 is 10.0 Å². The number of amides is 1. The maximum absolute atomic E-state index is 12.8. The van der Waals surface area contributed by atoms with Gasteiger partial charge in [-0.3, -0.25) is 4.79 Å². The van der Waals surface area contributed by atoms with E-state index in [-0.39, 0.29) is 11.5 Å². The van der Waals surface area contributed by atoms with Gasteiger partial charge in [0.15, 0.2) is 0 Å². The van der Waals surface area contributed by atoms with Crippen LogP contribution in [-0.4, -0.2) is 36.9 Å². The number of fused-ring (bicyclic) bond motifs is 2. The van der Waals surface area contributed by atoms with E-state index in [4.69, 9.17) is 5.11 Å². The van der Waals surface area contributed by atoms with Crippen molar-refractivity contribution in [2.24, 2.45) is 0 Å². The molecule has 0 saturated heterocycles. The number of carboxylic acids is 1. The Labute approximate surface area is 143 Å². The van der Waals surface area contributed by atoms with Crippen LogP contribution in [0.25, 0.3) is 11.0 Å². The number of nitrogens with zero attached hydrogens (tertiary/aromatic N) is 4. The van der Waals surface area contributed by atoms with E-state index in [2.05, 4.69) is 10.3 Å². The summed E-state index contributed by atoms with van der Waals surface area (Å²) in [5.41, 5.74) is 4.25. The molecule has 0 radical (unpaired) electrons. The van der Waals surface area contributed by atoms with Gasteiger partial charge in [-0.25, -0.2) is 9.48 Å². The maximum atomic E-state index is 12.8. The van der Waals surface area contributed by atoms with Crippen molar-refractivity contribution in [3.05, 3.63) is 58.7 Å². The van der Waals surface area contributed by atoms with Crippen molar-refractivity contribution < 1.29 is 14.7 Å². The molecule has 1 aliphatic heterocycles. The van der Waals surface area contributed by atoms with Crippen LogP contribution in [0.3, 0.4) is 0 Å². The molecule has 1 N–H and O–H groups in total. The fourth-order valence-electron chi connectivity index (χ4n) is 3.19. The zero-order chi connectivity index (χ0) is 17.6. The summed E-state index contributed by atoms with van der Waals surface area (Å²) in [7, 11) is 0. The summed E-state index contributed by atoms with van der Waals surface area (Å²) in [4.78, 5) is 25.6. The molecule has 7 heteroatoms. The fraction of sp³-hybridized carbons (Fsp3) is 0.222. The highest BCUT2D eigenvalue weighted by Gasteiger charge is 2.25. The van der Waals surface area contributed by atoms with Crippen LogP contribution in [0.5, 0.6) is 0 Å². The van der Waals surface area contributed by atoms with Gasteiger partial charge in [0.1, 0.15) is 5.52 Å². The van der Waals surface area contributed by atoms with Crippen LogP contribution in [0, 0.1) is 0 Å². The first-order chi connectivity index (χ1) is 12.1. The highest BCUT2D eigenvalue weighted by atomic mass is 16.4. The van der Waals surface area contributed by atoms with Crippen LogP contribution in [-0.2, 0) is 19.6 Å². The number of aromatic carboxylic acids is 1. The average molecular weight is 336 g/mol. The summed E-state index contributed by atoms with van der Waals surface area (Å²) in [6, 6.07) is 10.4. The first-order valence-corrected chi connectivity index (χ1v) is 8.04. The largest absolute Gasteiger partial charge is 0.478 e. The van der Waals surface area contributed by atoms with Crippen LogP contribution in [0.2, 0.25) is 0 Å². The van der Waals surface area contributed by atoms with Crippen molar-refractivity contribution in [2.45, 2.75) is 26.6 Å². The van der Waals surface area contributed by atoms with E-state index < -0.39 is 5.97 Å². The number of carbonyl (C=O) groups is 2. The number of carboxylic acid groups (broad SMARTS) is 1. The van der Waals surface area contributed by atoms with Crippen LogP contribution in [0.1, 0.15) is 38.8 Å². The van der Waals surface area contributed by atoms with Crippen LogP contribution >= 0.6 is 0 Å². The Morgan fingerprint density at radius 2 is 1.84 bits per heavy atom. The summed E-state index contributed by atoms with van der Waals surface area (Å²) in [5.74, 6) is -1.06. The minimum absolute atomic E-state index is 0.0963. The van der Waals surface area contributed by atoms with E-state index in [1.54, 1.807) is 39.9 Å². The van der Waals surface area contributed by atoms with Gasteiger partial charge in [-0.1, -0.05) is 11.3 Å². The lowest BCUT2D eigenvalue weighted by atomic mass is 10.1. The standard InChI is InChI=1S/C18H16N4O3/c1-2-22-16-6-5-11(8-15(16)19-20-22)17(23)21-9-13-4-3-12(18(24)25)7-14(13)10-21/h3-8H,2,9-10H2,1H3,(H,24,25). The Balaban J connectivity index is 1.60. The predicted octanol–water partition coefficient (Wildman–Crippen LogP) is 2.31. The lowest BCUT2D eigenvalue weighted by Crippen LogP contribution is -2.25. The van der Waals surface area contributed by atoms with Gasteiger partial charge in [-0.05, 0) is 48.4 Å². The topological polar surface area (TPSA) is 88.3 Å². The molecule has 1 amide bonds. The number of rotatable bonds is 3. The smallest absolute Gasteiger partial charge is 0.335 e. The molecule has 0 atom stereocenters. The SMILES string of the molecule is CCn1nnc2cc(C(=O)N3Cc4ccc(C(=O)O)cc4C3)ccc21. The highest BCUT2D eigenvalue weighted by Crippen LogP contribution is 2.26. The third kappa shape index (κ3) is 2.53. The molecule has 2 heterocycles. The summed E-state index contributed by atoms with van der Waals surface area (Å²) in [6.07, 6.45) is 0. The van der Waals surface area contributed by atoms with E-state index >= 15 is 0 Å². The Kier molecular flexibility index (Phi) is 3.49. The third-order valence-electron chi connectivity index (χ3n) is 4.52. The molecular weight excluding hydrogens is 320 g/mol. The second-order valence-corrected chi connectivity index (χ2v) is 6.06. The van der Waals surface area contributed by atoms with Crippen LogP contribution in [0.15, 0.2) is 36.4 Å². The molecule has 1 aliphatic rings. The van der Waals surface area contributed by atoms with E-state index in [9.17, 15) is 9.59 Å². The Bertz CT molecular complexity index is 1010. The first-order valence-electron chi connectivity index (χ1n) is 8.04. The molecule has 0 unspecified atom stereocenters. The zero-order valence-corrected chi connectivity index (χ0v) is 13.6. The van der Waals surface area contributed by atoms with Gasteiger partial charge >= 0.3 is 5.97 Å². The molecule has 3 aromatic rings. The molecule has 1 aromatic heterocycles. The number of hydrogen-bond donors (Lipinski definition) is 1. The zero-order valence-electron chi connectivity index (χ0n) is 13.6. The molecule has 7 nitrogen and oxygen atoms in total. The second-order valence-electron chi connectivity index (χ2n) is 6.06. The van der Waals surface area contributed by atoms with Gasteiger partial charge in [0.25, 0.3) is 5.91 Å². The van der Waals surface area contributed by atoms with Crippen molar-refractivity contribution >= 4 is 22.9 Å². The fourth-order valence-corrected chi connectivity index (χ4v) is 3.19. The van der Waals surface area contributed by atoms with Crippen molar-refractivity contribution in [3.8, 4) is 0 Å². The number of benzene rings is 2. The number of aryl methyl sites for hydroxylation is 1. The molecule has 0 spiro atoms. The minimum Gasteiger partial charge on any atom is -0.478 e. The van der Waals surface area contributed by atoms with Crippen LogP contribution < -0.4 is 0 Å². The second kappa shape index (κ2) is 5.70. The van der Waals surface area contributed by atoms with Crippen molar-refractivity contribution in [1.29, 1.82) is 0 Å². The third-order valence-corrected chi connectivity index (χ3v) is 4.52. The molecule has 0 bridgehead atoms. The van der Waals surface area contributed by atoms with Crippen LogP contribution in [0.4, 0.5) is 0 Å². The number of aromatic nitrogens is 3. The van der Waals surface area contributed by atoms with Gasteiger partial charge in [-0.2, -0.15) is 0 Å². The Hall–Kier alpha value is -3.22. The molecule has 25 heavy (non-hydrogen) atoms. The quantitative estimate of drug-likeness (QED) is 0.793. The molecule has 0 saturated carbocycles. The van der Waals surface area contributed by atoms with E-state index in [0.717, 1.165) is 23.2 Å². The molecule has 0 fully saturated rings. The molecule has 0 aliphatic carbocycles. The average Bonchev–Trinajstić information content (AvgIpc) is 3.23. The molecular formula is C18H16N4O3. The van der Waals surface area contributed by atoms with Gasteiger partial charge in [0, 0.05) is 25.2 Å². The lowest BCUT2D eigenvalue weighted by Gasteiger charge is -2.15. The minimum atomic E-state index is -0.961. The molecule has 4 rings (SSSR count). The first kappa shape index (κ1) is 15.3. The monoisotopic (exact) mass is 336 g/mol. The van der Waals surface area contributed by atoms with Gasteiger partial charge in [0.2, 0.25) is 0 Å². The number of hydrogen-bond acceptors (Lipinski definition) is 4. The highest BCUT2D eigenvalue weighted by molar-refractivity contribution is 5.97. The summed E-state index contributed by atoms with van der Waals surface area (Å²) in [6.45, 7) is 3.60. The number of carbonyl (C=O) groups excluding carboxylic acids is 1. The summed E-state index contributed by atoms with van der Waals surface area (Å²) < 4.78 is 1.78. The van der Waals surface area contributed by atoms with Crippen molar-refractivity contribution in [1.82, 2.24) is 19.9 Å². The lowest BCUT2D eigenvalue weighted by molar-refractivity contribution is 0.0696. The Morgan fingerprint density at radius 3 is 2.60 bits per heavy atom. The van der Waals surface area contributed by atoms with Crippen molar-refractivity contribution in [2.75, 3.05) is 0 Å².